The summed E-state index contributed by atoms with van der Waals surface area (Å²) in [5, 5.41) is 8.08. The number of nitrogens with zero attached hydrogens (tertiary/aromatic N) is 6. The summed E-state index contributed by atoms with van der Waals surface area (Å²) in [7, 11) is 0. The second-order valence-corrected chi connectivity index (χ2v) is 4.77. The van der Waals surface area contributed by atoms with Gasteiger partial charge in [0.05, 0.1) is 30.6 Å². The molecule has 1 fully saturated rings. The third kappa shape index (κ3) is 1.64. The van der Waals surface area contributed by atoms with Gasteiger partial charge >= 0.3 is 0 Å². The van der Waals surface area contributed by atoms with E-state index < -0.39 is 0 Å². The molecule has 19 heavy (non-hydrogen) atoms. The Hall–Kier alpha value is -2.22. The van der Waals surface area contributed by atoms with Crippen molar-refractivity contribution in [3.63, 3.8) is 0 Å². The van der Waals surface area contributed by atoms with Gasteiger partial charge in [-0.15, -0.1) is 5.10 Å². The molecule has 2 N–H and O–H groups in total. The third-order valence-electron chi connectivity index (χ3n) is 3.59. The quantitative estimate of drug-likeness (QED) is 0.745. The Kier molecular flexibility index (Phi) is 2.18. The maximum absolute atomic E-state index is 5.84. The zero-order valence-electron chi connectivity index (χ0n) is 10.2. The molecule has 2 aromatic rings. The van der Waals surface area contributed by atoms with Gasteiger partial charge in [-0.2, -0.15) is 4.98 Å². The predicted molar refractivity (Wildman–Crippen MR) is 66.3 cm³/mol. The first-order valence-electron chi connectivity index (χ1n) is 6.15. The maximum Gasteiger partial charge on any atom is 0.227 e. The summed E-state index contributed by atoms with van der Waals surface area (Å²) in [4.78, 5) is 10.6. The van der Waals surface area contributed by atoms with Gasteiger partial charge in [-0.05, 0) is 6.07 Å². The van der Waals surface area contributed by atoms with Crippen LogP contribution in [0, 0.1) is 0 Å². The van der Waals surface area contributed by atoms with Crippen molar-refractivity contribution in [2.75, 3.05) is 23.7 Å². The molecule has 4 heterocycles. The fourth-order valence-electron chi connectivity index (χ4n) is 2.67. The van der Waals surface area contributed by atoms with Crippen LogP contribution in [0.2, 0.25) is 0 Å². The molecule has 0 radical (unpaired) electrons. The summed E-state index contributed by atoms with van der Waals surface area (Å²) >= 11 is 0. The van der Waals surface area contributed by atoms with Gasteiger partial charge < -0.3 is 15.4 Å². The summed E-state index contributed by atoms with van der Waals surface area (Å²) < 4.78 is 7.78. The average molecular weight is 259 g/mol. The predicted octanol–water partition coefficient (Wildman–Crippen LogP) is -0.390. The molecule has 2 aliphatic rings. The smallest absolute Gasteiger partial charge is 0.227 e. The van der Waals surface area contributed by atoms with Crippen molar-refractivity contribution < 1.29 is 4.74 Å². The van der Waals surface area contributed by atoms with Gasteiger partial charge in [-0.3, -0.25) is 0 Å². The van der Waals surface area contributed by atoms with Crippen LogP contribution in [-0.4, -0.2) is 44.2 Å². The SMILES string of the molecule is Nc1ccnc(N2C[C@@H]3[C@@H](C2)OCc2cnnn23)n1. The fraction of sp³-hybridized carbons (Fsp3) is 0.455. The minimum absolute atomic E-state index is 0.0965. The lowest BCUT2D eigenvalue weighted by Gasteiger charge is -2.25. The van der Waals surface area contributed by atoms with E-state index in [2.05, 4.69) is 25.2 Å². The molecule has 2 aliphatic heterocycles. The Morgan fingerprint density at radius 1 is 1.37 bits per heavy atom. The van der Waals surface area contributed by atoms with Crippen molar-refractivity contribution >= 4 is 11.8 Å². The largest absolute Gasteiger partial charge is 0.384 e. The average Bonchev–Trinajstić information content (AvgIpc) is 3.04. The number of nitrogens with two attached hydrogens (primary N) is 1. The van der Waals surface area contributed by atoms with Crippen LogP contribution in [0.3, 0.4) is 0 Å². The summed E-state index contributed by atoms with van der Waals surface area (Å²) in [6, 6.07) is 1.84. The summed E-state index contributed by atoms with van der Waals surface area (Å²) in [6.07, 6.45) is 3.51. The van der Waals surface area contributed by atoms with E-state index in [0.29, 0.717) is 18.4 Å². The minimum Gasteiger partial charge on any atom is -0.384 e. The maximum atomic E-state index is 5.84. The highest BCUT2D eigenvalue weighted by Gasteiger charge is 2.40. The molecule has 0 aliphatic carbocycles. The molecular formula is C11H13N7O. The topological polar surface area (TPSA) is 95.0 Å². The summed E-state index contributed by atoms with van der Waals surface area (Å²) in [5.74, 6) is 1.11. The normalized spacial score (nSPS) is 25.2. The van der Waals surface area contributed by atoms with E-state index in [9.17, 15) is 0 Å². The first-order chi connectivity index (χ1) is 9.31. The van der Waals surface area contributed by atoms with Crippen molar-refractivity contribution in [1.82, 2.24) is 25.0 Å². The van der Waals surface area contributed by atoms with Crippen LogP contribution in [-0.2, 0) is 11.3 Å². The van der Waals surface area contributed by atoms with Crippen LogP contribution in [0.5, 0.6) is 0 Å². The highest BCUT2D eigenvalue weighted by atomic mass is 16.5. The Morgan fingerprint density at radius 3 is 3.21 bits per heavy atom. The fourth-order valence-corrected chi connectivity index (χ4v) is 2.67. The summed E-state index contributed by atoms with van der Waals surface area (Å²) in [5.41, 5.74) is 6.71. The zero-order chi connectivity index (χ0) is 12.8. The van der Waals surface area contributed by atoms with E-state index in [4.69, 9.17) is 10.5 Å². The molecule has 8 heteroatoms. The zero-order valence-corrected chi connectivity index (χ0v) is 10.2. The Balaban J connectivity index is 1.64. The number of anilines is 2. The molecule has 0 aromatic carbocycles. The standard InChI is InChI=1S/C11H13N7O/c12-10-1-2-13-11(15-10)17-4-8-9(5-17)19-6-7-3-14-16-18(7)8/h1-3,8-9H,4-6H2,(H2,12,13,15)/t8-,9-/m1/s1. The van der Waals surface area contributed by atoms with E-state index >= 15 is 0 Å². The monoisotopic (exact) mass is 259 g/mol. The molecule has 2 aromatic heterocycles. The molecule has 0 unspecified atom stereocenters. The van der Waals surface area contributed by atoms with Crippen molar-refractivity contribution in [2.45, 2.75) is 18.8 Å². The van der Waals surface area contributed by atoms with E-state index in [1.54, 1.807) is 18.5 Å². The van der Waals surface area contributed by atoms with Crippen molar-refractivity contribution in [1.29, 1.82) is 0 Å². The molecular weight excluding hydrogens is 246 g/mol. The molecule has 98 valence electrons. The molecule has 0 saturated carbocycles. The van der Waals surface area contributed by atoms with Crippen LogP contribution in [0.25, 0.3) is 0 Å². The Labute approximate surface area is 109 Å². The van der Waals surface area contributed by atoms with Gasteiger partial charge in [0.25, 0.3) is 0 Å². The van der Waals surface area contributed by atoms with Crippen LogP contribution in [0.15, 0.2) is 18.5 Å². The molecule has 4 rings (SSSR count). The lowest BCUT2D eigenvalue weighted by Crippen LogP contribution is -2.32. The lowest BCUT2D eigenvalue weighted by molar-refractivity contribution is -0.00255. The number of ether oxygens (including phenoxy) is 1. The molecule has 1 saturated heterocycles. The first kappa shape index (κ1) is 10.7. The number of nitrogen functional groups attached to an aromatic ring is 1. The van der Waals surface area contributed by atoms with Gasteiger partial charge in [0.2, 0.25) is 5.95 Å². The molecule has 0 spiro atoms. The van der Waals surface area contributed by atoms with Crippen molar-refractivity contribution in [2.24, 2.45) is 0 Å². The van der Waals surface area contributed by atoms with Crippen molar-refractivity contribution in [3.8, 4) is 0 Å². The van der Waals surface area contributed by atoms with E-state index in [-0.39, 0.29) is 12.1 Å². The van der Waals surface area contributed by atoms with Gasteiger partial charge in [-0.25, -0.2) is 9.67 Å². The minimum atomic E-state index is 0.0965. The molecule has 8 nitrogen and oxygen atoms in total. The van der Waals surface area contributed by atoms with Gasteiger partial charge in [0.15, 0.2) is 0 Å². The number of fused-ring (bicyclic) bond motifs is 3. The number of hydrogen-bond acceptors (Lipinski definition) is 7. The van der Waals surface area contributed by atoms with Crippen LogP contribution < -0.4 is 10.6 Å². The Bertz CT molecular complexity index is 613. The number of aromatic nitrogens is 5. The van der Waals surface area contributed by atoms with E-state index in [1.807, 2.05) is 4.68 Å². The van der Waals surface area contributed by atoms with Crippen LogP contribution >= 0.6 is 0 Å². The first-order valence-corrected chi connectivity index (χ1v) is 6.15. The Morgan fingerprint density at radius 2 is 2.32 bits per heavy atom. The second-order valence-electron chi connectivity index (χ2n) is 4.77. The third-order valence-corrected chi connectivity index (χ3v) is 3.59. The molecule has 0 amide bonds. The van der Waals surface area contributed by atoms with Crippen molar-refractivity contribution in [3.05, 3.63) is 24.2 Å². The van der Waals surface area contributed by atoms with Crippen LogP contribution in [0.1, 0.15) is 11.7 Å². The number of rotatable bonds is 1. The van der Waals surface area contributed by atoms with Crippen LogP contribution in [0.4, 0.5) is 11.8 Å². The molecule has 2 atom stereocenters. The highest BCUT2D eigenvalue weighted by Crippen LogP contribution is 2.31. The van der Waals surface area contributed by atoms with Gasteiger partial charge in [0.1, 0.15) is 5.82 Å². The second kappa shape index (κ2) is 3.89. The molecule has 0 bridgehead atoms. The van der Waals surface area contributed by atoms with E-state index in [0.717, 1.165) is 18.8 Å². The number of hydrogen-bond donors (Lipinski definition) is 1. The van der Waals surface area contributed by atoms with E-state index in [1.165, 1.54) is 0 Å². The van der Waals surface area contributed by atoms with Gasteiger partial charge in [-0.1, -0.05) is 5.21 Å². The lowest BCUT2D eigenvalue weighted by atomic mass is 10.2. The van der Waals surface area contributed by atoms with Gasteiger partial charge in [0, 0.05) is 19.3 Å². The highest BCUT2D eigenvalue weighted by molar-refractivity contribution is 5.39. The summed E-state index contributed by atoms with van der Waals surface area (Å²) in [6.45, 7) is 2.05.